The van der Waals surface area contributed by atoms with E-state index in [1.54, 1.807) is 0 Å². The summed E-state index contributed by atoms with van der Waals surface area (Å²) in [5.41, 5.74) is 0.275. The summed E-state index contributed by atoms with van der Waals surface area (Å²) in [6.45, 7) is -0.524. The van der Waals surface area contributed by atoms with Gasteiger partial charge in [-0.1, -0.05) is 6.07 Å². The van der Waals surface area contributed by atoms with Gasteiger partial charge in [-0.15, -0.1) is 0 Å². The average Bonchev–Trinajstić information content (AvgIpc) is 3.07. The number of carbonyl (C=O) groups is 2. The molecule has 0 atom stereocenters. The van der Waals surface area contributed by atoms with Crippen molar-refractivity contribution < 1.29 is 27.2 Å². The lowest BCUT2D eigenvalue weighted by Gasteiger charge is -2.12. The number of anilines is 1. The molecule has 0 spiro atoms. The van der Waals surface area contributed by atoms with Gasteiger partial charge in [-0.3, -0.25) is 4.79 Å². The molecule has 24 heavy (non-hydrogen) atoms. The highest BCUT2D eigenvalue weighted by Crippen LogP contribution is 2.17. The van der Waals surface area contributed by atoms with E-state index in [0.29, 0.717) is 0 Å². The summed E-state index contributed by atoms with van der Waals surface area (Å²) in [5.74, 6) is -1.38. The van der Waals surface area contributed by atoms with E-state index in [0.717, 1.165) is 4.31 Å². The van der Waals surface area contributed by atoms with Crippen LogP contribution in [0.2, 0.25) is 0 Å². The zero-order chi connectivity index (χ0) is 17.7. The van der Waals surface area contributed by atoms with Gasteiger partial charge >= 0.3 is 5.97 Å². The van der Waals surface area contributed by atoms with Crippen LogP contribution >= 0.6 is 0 Å². The van der Waals surface area contributed by atoms with Crippen molar-refractivity contribution in [2.24, 2.45) is 0 Å². The minimum absolute atomic E-state index is 0.0122. The van der Waals surface area contributed by atoms with Crippen molar-refractivity contribution in [2.75, 3.05) is 26.0 Å². The van der Waals surface area contributed by atoms with Gasteiger partial charge in [0.15, 0.2) is 6.61 Å². The standard InChI is InChI=1S/C15H16N2O6S/c1-17(2)24(20,21)12-6-3-5-11(9-12)16-14(18)10-23-15(19)13-7-4-8-22-13/h3-9H,10H2,1-2H3,(H,16,18). The molecule has 0 unspecified atom stereocenters. The van der Waals surface area contributed by atoms with Crippen molar-refractivity contribution in [1.29, 1.82) is 0 Å². The van der Waals surface area contributed by atoms with Crippen LogP contribution in [0, 0.1) is 0 Å². The summed E-state index contributed by atoms with van der Waals surface area (Å²) in [5, 5.41) is 2.46. The lowest BCUT2D eigenvalue weighted by atomic mass is 10.3. The Hall–Kier alpha value is -2.65. The highest BCUT2D eigenvalue weighted by molar-refractivity contribution is 7.89. The number of hydrogen-bond donors (Lipinski definition) is 1. The molecule has 1 N–H and O–H groups in total. The quantitative estimate of drug-likeness (QED) is 0.786. The molecular formula is C15H16N2O6S. The zero-order valence-electron chi connectivity index (χ0n) is 13.1. The summed E-state index contributed by atoms with van der Waals surface area (Å²) in [6.07, 6.45) is 1.31. The molecule has 2 rings (SSSR count). The second-order valence-corrected chi connectivity index (χ2v) is 7.07. The van der Waals surface area contributed by atoms with Crippen LogP contribution in [-0.4, -0.2) is 45.3 Å². The number of rotatable bonds is 6. The molecule has 128 valence electrons. The lowest BCUT2D eigenvalue weighted by molar-refractivity contribution is -0.119. The topological polar surface area (TPSA) is 106 Å². The first kappa shape index (κ1) is 17.7. The van der Waals surface area contributed by atoms with Crippen molar-refractivity contribution in [2.45, 2.75) is 4.90 Å². The first-order valence-electron chi connectivity index (χ1n) is 6.84. The van der Waals surface area contributed by atoms with Crippen molar-refractivity contribution in [1.82, 2.24) is 4.31 Å². The molecule has 0 aliphatic carbocycles. The summed E-state index contributed by atoms with van der Waals surface area (Å²) in [4.78, 5) is 23.4. The maximum absolute atomic E-state index is 12.0. The van der Waals surface area contributed by atoms with Gasteiger partial charge in [-0.2, -0.15) is 0 Å². The highest BCUT2D eigenvalue weighted by atomic mass is 32.2. The summed E-state index contributed by atoms with van der Waals surface area (Å²) in [6, 6.07) is 8.70. The van der Waals surface area contributed by atoms with Crippen LogP contribution in [-0.2, 0) is 19.6 Å². The summed E-state index contributed by atoms with van der Waals surface area (Å²) in [7, 11) is -0.783. The molecule has 8 nitrogen and oxygen atoms in total. The van der Waals surface area contributed by atoms with Crippen LogP contribution in [0.1, 0.15) is 10.6 Å². The SMILES string of the molecule is CN(C)S(=O)(=O)c1cccc(NC(=O)COC(=O)c2ccco2)c1. The maximum atomic E-state index is 12.0. The molecule has 0 radical (unpaired) electrons. The fraction of sp³-hybridized carbons (Fsp3) is 0.200. The molecule has 0 saturated heterocycles. The van der Waals surface area contributed by atoms with Crippen molar-refractivity contribution >= 4 is 27.6 Å². The second-order valence-electron chi connectivity index (χ2n) is 4.92. The third kappa shape index (κ3) is 4.21. The smallest absolute Gasteiger partial charge is 0.374 e. The molecule has 0 bridgehead atoms. The van der Waals surface area contributed by atoms with E-state index >= 15 is 0 Å². The van der Waals surface area contributed by atoms with Gasteiger partial charge in [-0.05, 0) is 30.3 Å². The van der Waals surface area contributed by atoms with Crippen LogP contribution in [0.5, 0.6) is 0 Å². The van der Waals surface area contributed by atoms with E-state index in [4.69, 9.17) is 9.15 Å². The van der Waals surface area contributed by atoms with E-state index in [1.165, 1.54) is 56.8 Å². The van der Waals surface area contributed by atoms with Crippen LogP contribution < -0.4 is 5.32 Å². The van der Waals surface area contributed by atoms with Gasteiger partial charge in [0.25, 0.3) is 5.91 Å². The van der Waals surface area contributed by atoms with E-state index < -0.39 is 28.5 Å². The third-order valence-corrected chi connectivity index (χ3v) is 4.76. The molecule has 1 aromatic carbocycles. The van der Waals surface area contributed by atoms with Gasteiger partial charge in [0.05, 0.1) is 11.2 Å². The molecule has 1 heterocycles. The second kappa shape index (κ2) is 7.28. The minimum Gasteiger partial charge on any atom is -0.457 e. The Bertz CT molecular complexity index is 827. The van der Waals surface area contributed by atoms with Gasteiger partial charge in [0.2, 0.25) is 15.8 Å². The first-order valence-corrected chi connectivity index (χ1v) is 8.28. The predicted molar refractivity (Wildman–Crippen MR) is 84.9 cm³/mol. The fourth-order valence-electron chi connectivity index (χ4n) is 1.74. The van der Waals surface area contributed by atoms with Gasteiger partial charge in [0.1, 0.15) is 0 Å². The van der Waals surface area contributed by atoms with Crippen LogP contribution in [0.25, 0.3) is 0 Å². The molecule has 9 heteroatoms. The molecular weight excluding hydrogens is 336 g/mol. The number of esters is 1. The number of sulfonamides is 1. The Morgan fingerprint density at radius 1 is 1.21 bits per heavy atom. The molecule has 0 saturated carbocycles. The zero-order valence-corrected chi connectivity index (χ0v) is 13.9. The van der Waals surface area contributed by atoms with Gasteiger partial charge < -0.3 is 14.5 Å². The molecule has 0 aliphatic heterocycles. The number of benzene rings is 1. The number of furan rings is 1. The third-order valence-electron chi connectivity index (χ3n) is 2.95. The van der Waals surface area contributed by atoms with Crippen molar-refractivity contribution in [3.63, 3.8) is 0 Å². The number of ether oxygens (including phenoxy) is 1. The minimum atomic E-state index is -3.61. The molecule has 2 aromatic rings. The van der Waals surface area contributed by atoms with Crippen LogP contribution in [0.15, 0.2) is 52.0 Å². The van der Waals surface area contributed by atoms with E-state index in [9.17, 15) is 18.0 Å². The summed E-state index contributed by atoms with van der Waals surface area (Å²) < 4.78 is 34.8. The number of carbonyl (C=O) groups excluding carboxylic acids is 2. The number of nitrogens with one attached hydrogen (secondary N) is 1. The Morgan fingerprint density at radius 2 is 1.96 bits per heavy atom. The van der Waals surface area contributed by atoms with Crippen LogP contribution in [0.4, 0.5) is 5.69 Å². The van der Waals surface area contributed by atoms with E-state index in [1.807, 2.05) is 0 Å². The molecule has 1 amide bonds. The Balaban J connectivity index is 1.98. The summed E-state index contributed by atoms with van der Waals surface area (Å²) >= 11 is 0. The Labute approximate surface area is 139 Å². The average molecular weight is 352 g/mol. The normalized spacial score (nSPS) is 11.3. The lowest BCUT2D eigenvalue weighted by Crippen LogP contribution is -2.23. The molecule has 1 aromatic heterocycles. The van der Waals surface area contributed by atoms with Gasteiger partial charge in [-0.25, -0.2) is 17.5 Å². The van der Waals surface area contributed by atoms with E-state index in [-0.39, 0.29) is 16.3 Å². The van der Waals surface area contributed by atoms with Gasteiger partial charge in [0, 0.05) is 19.8 Å². The first-order chi connectivity index (χ1) is 11.3. The fourth-order valence-corrected chi connectivity index (χ4v) is 2.69. The Kier molecular flexibility index (Phi) is 5.37. The highest BCUT2D eigenvalue weighted by Gasteiger charge is 2.18. The number of nitrogens with zero attached hydrogens (tertiary/aromatic N) is 1. The monoisotopic (exact) mass is 352 g/mol. The number of hydrogen-bond acceptors (Lipinski definition) is 6. The number of amides is 1. The molecule has 0 fully saturated rings. The molecule has 0 aliphatic rings. The van der Waals surface area contributed by atoms with Crippen molar-refractivity contribution in [3.8, 4) is 0 Å². The largest absolute Gasteiger partial charge is 0.457 e. The maximum Gasteiger partial charge on any atom is 0.374 e. The Morgan fingerprint density at radius 3 is 2.58 bits per heavy atom. The van der Waals surface area contributed by atoms with E-state index in [2.05, 4.69) is 5.32 Å². The predicted octanol–water partition coefficient (Wildman–Crippen LogP) is 1.33. The van der Waals surface area contributed by atoms with Crippen molar-refractivity contribution in [3.05, 3.63) is 48.4 Å². The van der Waals surface area contributed by atoms with Crippen LogP contribution in [0.3, 0.4) is 0 Å².